The van der Waals surface area contributed by atoms with E-state index in [1.54, 1.807) is 0 Å². The second-order valence-electron chi connectivity index (χ2n) is 5.40. The smallest absolute Gasteiger partial charge is 0.306 e. The zero-order valence-corrected chi connectivity index (χ0v) is 13.3. The van der Waals surface area contributed by atoms with Gasteiger partial charge in [0.25, 0.3) is 0 Å². The summed E-state index contributed by atoms with van der Waals surface area (Å²) in [5.41, 5.74) is 0. The van der Waals surface area contributed by atoms with Crippen molar-refractivity contribution in [3.05, 3.63) is 24.3 Å². The Kier molecular flexibility index (Phi) is 13.6. The van der Waals surface area contributed by atoms with E-state index in [1.165, 1.54) is 25.7 Å². The number of rotatable bonds is 13. The molecule has 2 heteroatoms. The molecule has 0 aromatic heterocycles. The van der Waals surface area contributed by atoms with Crippen molar-refractivity contribution in [2.45, 2.75) is 78.1 Å². The van der Waals surface area contributed by atoms with Gasteiger partial charge in [-0.1, -0.05) is 63.8 Å². The average Bonchev–Trinajstić information content (AvgIpc) is 2.43. The summed E-state index contributed by atoms with van der Waals surface area (Å²) in [5, 5.41) is 8.94. The summed E-state index contributed by atoms with van der Waals surface area (Å²) in [6.07, 6.45) is 19.8. The average molecular weight is 280 g/mol. The van der Waals surface area contributed by atoms with Gasteiger partial charge < -0.3 is 5.11 Å². The highest BCUT2D eigenvalue weighted by atomic mass is 16.4. The van der Waals surface area contributed by atoms with Crippen molar-refractivity contribution in [3.63, 3.8) is 0 Å². The fourth-order valence-corrected chi connectivity index (χ4v) is 2.18. The van der Waals surface area contributed by atoms with Gasteiger partial charge in [-0.05, 0) is 38.5 Å². The van der Waals surface area contributed by atoms with E-state index in [-0.39, 0.29) is 5.92 Å². The highest BCUT2D eigenvalue weighted by molar-refractivity contribution is 5.69. The normalized spacial score (nSPS) is 13.3. The summed E-state index contributed by atoms with van der Waals surface area (Å²) in [6, 6.07) is 0. The van der Waals surface area contributed by atoms with Crippen molar-refractivity contribution in [1.29, 1.82) is 0 Å². The predicted octanol–water partition coefficient (Wildman–Crippen LogP) is 5.74. The van der Waals surface area contributed by atoms with Gasteiger partial charge in [-0.15, -0.1) is 0 Å². The Hall–Kier alpha value is -1.05. The molecule has 0 spiro atoms. The molecule has 0 amide bonds. The Morgan fingerprint density at radius 3 is 2.20 bits per heavy atom. The highest BCUT2D eigenvalue weighted by Crippen LogP contribution is 2.15. The summed E-state index contributed by atoms with van der Waals surface area (Å²) in [4.78, 5) is 10.8. The van der Waals surface area contributed by atoms with Gasteiger partial charge in [-0.2, -0.15) is 0 Å². The molecule has 0 rings (SSSR count). The predicted molar refractivity (Wildman–Crippen MR) is 86.9 cm³/mol. The Bertz CT molecular complexity index is 279. The third-order valence-corrected chi connectivity index (χ3v) is 3.58. The van der Waals surface area contributed by atoms with E-state index in [9.17, 15) is 4.79 Å². The quantitative estimate of drug-likeness (QED) is 0.345. The highest BCUT2D eigenvalue weighted by Gasteiger charge is 2.13. The van der Waals surface area contributed by atoms with Gasteiger partial charge >= 0.3 is 5.97 Å². The lowest BCUT2D eigenvalue weighted by molar-refractivity contribution is -0.142. The second-order valence-corrected chi connectivity index (χ2v) is 5.40. The molecule has 0 fully saturated rings. The summed E-state index contributed by atoms with van der Waals surface area (Å²) in [7, 11) is 0. The maximum atomic E-state index is 10.8. The molecular weight excluding hydrogens is 248 g/mol. The number of carboxylic acid groups (broad SMARTS) is 1. The lowest BCUT2D eigenvalue weighted by Crippen LogP contribution is -2.12. The zero-order chi connectivity index (χ0) is 15.1. The van der Waals surface area contributed by atoms with E-state index in [4.69, 9.17) is 5.11 Å². The van der Waals surface area contributed by atoms with E-state index in [0.717, 1.165) is 38.5 Å². The van der Waals surface area contributed by atoms with Crippen molar-refractivity contribution in [3.8, 4) is 0 Å². The SMILES string of the molecule is CCCC=CCC=CCCCCCCC(CC)C(=O)O. The number of aliphatic carboxylic acids is 1. The molecule has 0 saturated heterocycles. The van der Waals surface area contributed by atoms with E-state index in [1.807, 2.05) is 6.92 Å². The van der Waals surface area contributed by atoms with E-state index in [0.29, 0.717) is 0 Å². The number of allylic oxidation sites excluding steroid dienone is 4. The van der Waals surface area contributed by atoms with Crippen LogP contribution in [0.5, 0.6) is 0 Å². The third kappa shape index (κ3) is 12.0. The minimum atomic E-state index is -0.633. The molecule has 0 aliphatic rings. The zero-order valence-electron chi connectivity index (χ0n) is 13.3. The van der Waals surface area contributed by atoms with Crippen LogP contribution in [0.25, 0.3) is 0 Å². The van der Waals surface area contributed by atoms with Crippen molar-refractivity contribution in [1.82, 2.24) is 0 Å². The molecule has 0 aliphatic heterocycles. The summed E-state index contributed by atoms with van der Waals surface area (Å²) in [6.45, 7) is 4.15. The van der Waals surface area contributed by atoms with Crippen LogP contribution in [0, 0.1) is 5.92 Å². The molecule has 0 saturated carbocycles. The monoisotopic (exact) mass is 280 g/mol. The van der Waals surface area contributed by atoms with Gasteiger partial charge in [-0.25, -0.2) is 0 Å². The number of hydrogen-bond acceptors (Lipinski definition) is 1. The first-order valence-electron chi connectivity index (χ1n) is 8.25. The molecule has 2 nitrogen and oxygen atoms in total. The van der Waals surface area contributed by atoms with E-state index >= 15 is 0 Å². The van der Waals surface area contributed by atoms with Crippen LogP contribution in [0.1, 0.15) is 78.1 Å². The van der Waals surface area contributed by atoms with Crippen molar-refractivity contribution in [2.75, 3.05) is 0 Å². The largest absolute Gasteiger partial charge is 0.481 e. The molecule has 1 N–H and O–H groups in total. The Morgan fingerprint density at radius 1 is 0.950 bits per heavy atom. The summed E-state index contributed by atoms with van der Waals surface area (Å²) < 4.78 is 0. The van der Waals surface area contributed by atoms with Gasteiger partial charge in [0.1, 0.15) is 0 Å². The number of carbonyl (C=O) groups is 1. The lowest BCUT2D eigenvalue weighted by atomic mass is 9.98. The Labute approximate surface area is 125 Å². The summed E-state index contributed by atoms with van der Waals surface area (Å²) in [5.74, 6) is -0.767. The molecule has 0 heterocycles. The molecule has 1 atom stereocenters. The van der Waals surface area contributed by atoms with E-state index in [2.05, 4.69) is 31.2 Å². The molecule has 0 aromatic carbocycles. The van der Waals surface area contributed by atoms with Crippen LogP contribution in [-0.4, -0.2) is 11.1 Å². The van der Waals surface area contributed by atoms with Crippen LogP contribution in [0.15, 0.2) is 24.3 Å². The van der Waals surface area contributed by atoms with Crippen molar-refractivity contribution < 1.29 is 9.90 Å². The maximum Gasteiger partial charge on any atom is 0.306 e. The number of hydrogen-bond donors (Lipinski definition) is 1. The standard InChI is InChI=1S/C18H32O2/c1-3-5-6-7-8-9-10-11-12-13-14-15-16-17(4-2)18(19)20/h6-7,9-10,17H,3-5,8,11-16H2,1-2H3,(H,19,20). The molecule has 0 aliphatic carbocycles. The van der Waals surface area contributed by atoms with Crippen LogP contribution in [0.4, 0.5) is 0 Å². The van der Waals surface area contributed by atoms with Crippen LogP contribution in [0.2, 0.25) is 0 Å². The topological polar surface area (TPSA) is 37.3 Å². The fourth-order valence-electron chi connectivity index (χ4n) is 2.18. The molecule has 1 unspecified atom stereocenters. The molecule has 0 bridgehead atoms. The Balaban J connectivity index is 3.36. The number of unbranched alkanes of at least 4 members (excludes halogenated alkanes) is 5. The summed E-state index contributed by atoms with van der Waals surface area (Å²) >= 11 is 0. The van der Waals surface area contributed by atoms with Gasteiger partial charge in [0.15, 0.2) is 0 Å². The van der Waals surface area contributed by atoms with Gasteiger partial charge in [0, 0.05) is 0 Å². The van der Waals surface area contributed by atoms with Crippen LogP contribution < -0.4 is 0 Å². The second kappa shape index (κ2) is 14.4. The first kappa shape index (κ1) is 18.9. The van der Waals surface area contributed by atoms with Crippen molar-refractivity contribution >= 4 is 5.97 Å². The Morgan fingerprint density at radius 2 is 1.60 bits per heavy atom. The molecule has 0 radical (unpaired) electrons. The fraction of sp³-hybridized carbons (Fsp3) is 0.722. The minimum Gasteiger partial charge on any atom is -0.481 e. The van der Waals surface area contributed by atoms with Gasteiger partial charge in [0.05, 0.1) is 5.92 Å². The first-order valence-corrected chi connectivity index (χ1v) is 8.25. The molecule has 116 valence electrons. The molecule has 20 heavy (non-hydrogen) atoms. The van der Waals surface area contributed by atoms with Gasteiger partial charge in [0.2, 0.25) is 0 Å². The lowest BCUT2D eigenvalue weighted by Gasteiger charge is -2.08. The van der Waals surface area contributed by atoms with Crippen LogP contribution in [0.3, 0.4) is 0 Å². The van der Waals surface area contributed by atoms with Crippen LogP contribution >= 0.6 is 0 Å². The molecule has 0 aromatic rings. The third-order valence-electron chi connectivity index (χ3n) is 3.58. The van der Waals surface area contributed by atoms with Crippen molar-refractivity contribution in [2.24, 2.45) is 5.92 Å². The maximum absolute atomic E-state index is 10.8. The van der Waals surface area contributed by atoms with Crippen LogP contribution in [-0.2, 0) is 4.79 Å². The molecular formula is C18H32O2. The first-order chi connectivity index (χ1) is 9.72. The minimum absolute atomic E-state index is 0.134. The van der Waals surface area contributed by atoms with E-state index < -0.39 is 5.97 Å². The number of carboxylic acids is 1. The van der Waals surface area contributed by atoms with Gasteiger partial charge in [-0.3, -0.25) is 4.79 Å².